The van der Waals surface area contributed by atoms with Crippen LogP contribution in [0.2, 0.25) is 0 Å². The lowest BCUT2D eigenvalue weighted by Gasteiger charge is -2.26. The molecule has 1 unspecified atom stereocenters. The summed E-state index contributed by atoms with van der Waals surface area (Å²) in [6, 6.07) is -0.177. The van der Waals surface area contributed by atoms with E-state index in [1.807, 2.05) is 0 Å². The molecule has 2 heterocycles. The van der Waals surface area contributed by atoms with E-state index in [1.165, 1.54) is 4.90 Å². The molecular formula is C13H21ClN2O5S. The fourth-order valence-electron chi connectivity index (χ4n) is 2.73. The average Bonchev–Trinajstić information content (AvgIpc) is 2.91. The number of halogens is 1. The van der Waals surface area contributed by atoms with Crippen molar-refractivity contribution in [3.63, 3.8) is 0 Å². The molecule has 9 heteroatoms. The molecular weight excluding hydrogens is 332 g/mol. The third-order valence-electron chi connectivity index (χ3n) is 3.78. The topological polar surface area (TPSA) is 84.0 Å². The lowest BCUT2D eigenvalue weighted by Crippen LogP contribution is -2.41. The van der Waals surface area contributed by atoms with Gasteiger partial charge in [0.25, 0.3) is 0 Å². The maximum Gasteiger partial charge on any atom is 0.410 e. The summed E-state index contributed by atoms with van der Waals surface area (Å²) in [6.07, 6.45) is 0.109. The van der Waals surface area contributed by atoms with E-state index >= 15 is 0 Å². The molecule has 0 N–H and O–H groups in total. The second-order valence-electron chi connectivity index (χ2n) is 6.72. The van der Waals surface area contributed by atoms with Crippen molar-refractivity contribution in [3.8, 4) is 0 Å². The highest BCUT2D eigenvalue weighted by Gasteiger charge is 2.43. The Hall–Kier alpha value is -1.02. The normalized spacial score (nSPS) is 26.6. The Kier molecular flexibility index (Phi) is 4.64. The van der Waals surface area contributed by atoms with Crippen molar-refractivity contribution >= 4 is 31.7 Å². The molecule has 0 spiro atoms. The number of amides is 2. The molecule has 2 fully saturated rings. The van der Waals surface area contributed by atoms with Gasteiger partial charge in [0.15, 0.2) is 0 Å². The standard InChI is InChI=1S/C13H21ClN2O5S/c1-13(2,3)21-12(18)15-5-4-9(7-15)16-8-10(6-11(16)17)22(14,19)20/h9-10H,4-8H2,1-3H3/t9-,10?/m1/s1. The summed E-state index contributed by atoms with van der Waals surface area (Å²) in [6.45, 7) is 6.31. The van der Waals surface area contributed by atoms with E-state index in [0.717, 1.165) is 0 Å². The number of hydrogen-bond acceptors (Lipinski definition) is 5. The molecule has 2 aliphatic rings. The van der Waals surface area contributed by atoms with Crippen LogP contribution in [0.1, 0.15) is 33.6 Å². The maximum absolute atomic E-state index is 12.0. The molecule has 2 aliphatic heterocycles. The maximum atomic E-state index is 12.0. The van der Waals surface area contributed by atoms with Crippen LogP contribution >= 0.6 is 10.7 Å². The molecule has 2 atom stereocenters. The zero-order valence-corrected chi connectivity index (χ0v) is 14.5. The first-order valence-electron chi connectivity index (χ1n) is 7.18. The first-order chi connectivity index (χ1) is 9.97. The van der Waals surface area contributed by atoms with E-state index in [4.69, 9.17) is 15.4 Å². The quantitative estimate of drug-likeness (QED) is 0.696. The fourth-order valence-corrected chi connectivity index (χ4v) is 3.77. The summed E-state index contributed by atoms with van der Waals surface area (Å²) in [5.41, 5.74) is -0.573. The minimum atomic E-state index is -3.75. The highest BCUT2D eigenvalue weighted by atomic mass is 35.7. The molecule has 2 saturated heterocycles. The summed E-state index contributed by atoms with van der Waals surface area (Å²) in [5.74, 6) is -0.231. The van der Waals surface area contributed by atoms with Crippen LogP contribution in [0.5, 0.6) is 0 Å². The first kappa shape index (κ1) is 17.3. The molecule has 0 radical (unpaired) electrons. The van der Waals surface area contributed by atoms with Crippen molar-refractivity contribution in [2.45, 2.75) is 50.5 Å². The average molecular weight is 353 g/mol. The van der Waals surface area contributed by atoms with Crippen molar-refractivity contribution in [2.75, 3.05) is 19.6 Å². The summed E-state index contributed by atoms with van der Waals surface area (Å²) < 4.78 is 28.0. The number of hydrogen-bond donors (Lipinski definition) is 0. The van der Waals surface area contributed by atoms with Crippen LogP contribution in [0.15, 0.2) is 0 Å². The molecule has 0 aromatic rings. The summed E-state index contributed by atoms with van der Waals surface area (Å²) in [4.78, 5) is 27.1. The van der Waals surface area contributed by atoms with Gasteiger partial charge in [0.1, 0.15) is 10.9 Å². The number of ether oxygens (including phenoxy) is 1. The van der Waals surface area contributed by atoms with Crippen molar-refractivity contribution in [1.82, 2.24) is 9.80 Å². The van der Waals surface area contributed by atoms with Gasteiger partial charge in [0.2, 0.25) is 15.0 Å². The summed E-state index contributed by atoms with van der Waals surface area (Å²) in [5, 5.41) is -0.864. The van der Waals surface area contributed by atoms with Crippen molar-refractivity contribution in [2.24, 2.45) is 0 Å². The van der Waals surface area contributed by atoms with E-state index < -0.39 is 26.0 Å². The molecule has 0 aromatic heterocycles. The van der Waals surface area contributed by atoms with Gasteiger partial charge >= 0.3 is 6.09 Å². The highest BCUT2D eigenvalue weighted by molar-refractivity contribution is 8.14. The molecule has 2 amide bonds. The van der Waals surface area contributed by atoms with Crippen molar-refractivity contribution < 1.29 is 22.7 Å². The van der Waals surface area contributed by atoms with Gasteiger partial charge in [-0.2, -0.15) is 0 Å². The van der Waals surface area contributed by atoms with Gasteiger partial charge in [-0.15, -0.1) is 0 Å². The lowest BCUT2D eigenvalue weighted by molar-refractivity contribution is -0.129. The Balaban J connectivity index is 1.96. The van der Waals surface area contributed by atoms with Gasteiger partial charge in [0.05, 0.1) is 6.04 Å². The molecule has 0 bridgehead atoms. The predicted molar refractivity (Wildman–Crippen MR) is 81.1 cm³/mol. The second kappa shape index (κ2) is 5.88. The van der Waals surface area contributed by atoms with Crippen molar-refractivity contribution in [1.29, 1.82) is 0 Å². The predicted octanol–water partition coefficient (Wildman–Crippen LogP) is 1.17. The lowest BCUT2D eigenvalue weighted by atomic mass is 10.2. The van der Waals surface area contributed by atoms with Gasteiger partial charge in [0, 0.05) is 36.7 Å². The highest BCUT2D eigenvalue weighted by Crippen LogP contribution is 2.27. The largest absolute Gasteiger partial charge is 0.444 e. The Morgan fingerprint density at radius 2 is 1.95 bits per heavy atom. The molecule has 126 valence electrons. The monoisotopic (exact) mass is 352 g/mol. The summed E-state index contributed by atoms with van der Waals surface area (Å²) >= 11 is 0. The molecule has 2 rings (SSSR count). The minimum Gasteiger partial charge on any atom is -0.444 e. The first-order valence-corrected chi connectivity index (χ1v) is 9.55. The van der Waals surface area contributed by atoms with Gasteiger partial charge in [-0.3, -0.25) is 4.79 Å². The van der Waals surface area contributed by atoms with Crippen LogP contribution < -0.4 is 0 Å². The SMILES string of the molecule is CC(C)(C)OC(=O)N1CC[C@@H](N2CC(S(=O)(=O)Cl)CC2=O)C1. The third kappa shape index (κ3) is 4.04. The van der Waals surface area contributed by atoms with Gasteiger partial charge in [-0.05, 0) is 27.2 Å². The van der Waals surface area contributed by atoms with Crippen LogP contribution in [-0.4, -0.2) is 66.7 Å². The third-order valence-corrected chi connectivity index (χ3v) is 5.64. The molecule has 0 aliphatic carbocycles. The van der Waals surface area contributed by atoms with Crippen LogP contribution in [0, 0.1) is 0 Å². The van der Waals surface area contributed by atoms with Gasteiger partial charge < -0.3 is 14.5 Å². The smallest absolute Gasteiger partial charge is 0.410 e. The van der Waals surface area contributed by atoms with Gasteiger partial charge in [-0.1, -0.05) is 0 Å². The Morgan fingerprint density at radius 1 is 1.32 bits per heavy atom. The van der Waals surface area contributed by atoms with E-state index in [-0.39, 0.29) is 24.9 Å². The van der Waals surface area contributed by atoms with E-state index in [0.29, 0.717) is 19.5 Å². The molecule has 22 heavy (non-hydrogen) atoms. The number of likely N-dealkylation sites (tertiary alicyclic amines) is 2. The Morgan fingerprint density at radius 3 is 2.45 bits per heavy atom. The minimum absolute atomic E-state index is 0.0885. The van der Waals surface area contributed by atoms with Gasteiger partial charge in [-0.25, -0.2) is 13.2 Å². The Labute approximate surface area is 134 Å². The van der Waals surface area contributed by atoms with Crippen LogP contribution in [0.3, 0.4) is 0 Å². The summed E-state index contributed by atoms with van der Waals surface area (Å²) in [7, 11) is 1.59. The zero-order chi connectivity index (χ0) is 16.7. The zero-order valence-electron chi connectivity index (χ0n) is 12.9. The van der Waals surface area contributed by atoms with E-state index in [2.05, 4.69) is 0 Å². The van der Waals surface area contributed by atoms with E-state index in [9.17, 15) is 18.0 Å². The number of carbonyl (C=O) groups is 2. The van der Waals surface area contributed by atoms with Crippen LogP contribution in [0.25, 0.3) is 0 Å². The second-order valence-corrected chi connectivity index (χ2v) is 9.62. The molecule has 0 saturated carbocycles. The van der Waals surface area contributed by atoms with Crippen LogP contribution in [0.4, 0.5) is 4.79 Å². The molecule has 0 aromatic carbocycles. The Bertz CT molecular complexity index is 571. The van der Waals surface area contributed by atoms with Crippen LogP contribution in [-0.2, 0) is 18.6 Å². The number of carbonyl (C=O) groups excluding carboxylic acids is 2. The van der Waals surface area contributed by atoms with Crippen molar-refractivity contribution in [3.05, 3.63) is 0 Å². The molecule has 7 nitrogen and oxygen atoms in total. The number of nitrogens with zero attached hydrogens (tertiary/aromatic N) is 2. The number of rotatable bonds is 2. The van der Waals surface area contributed by atoms with E-state index in [1.54, 1.807) is 25.7 Å². The fraction of sp³-hybridized carbons (Fsp3) is 0.846.